The average molecular weight is 282 g/mol. The van der Waals surface area contributed by atoms with Gasteiger partial charge in [-0.1, -0.05) is 50.2 Å². The second kappa shape index (κ2) is 6.93. The number of nitrogens with one attached hydrogen (secondary N) is 1. The molecule has 0 aliphatic rings. The van der Waals surface area contributed by atoms with E-state index in [4.69, 9.17) is 0 Å². The van der Waals surface area contributed by atoms with Crippen molar-refractivity contribution in [2.75, 3.05) is 17.3 Å². The zero-order valence-corrected chi connectivity index (χ0v) is 12.9. The summed E-state index contributed by atoms with van der Waals surface area (Å²) < 4.78 is 0. The molecule has 2 rings (SSSR count). The van der Waals surface area contributed by atoms with E-state index in [9.17, 15) is 4.79 Å². The standard InChI is InChI=1S/C18H22N2O/c1-4-14-10-9-11-15(5-2)17(14)20(3)18(21)19-16-12-7-6-8-13-16/h6-13H,4-5H2,1-3H3,(H,19,21). The van der Waals surface area contributed by atoms with Gasteiger partial charge in [-0.3, -0.25) is 4.90 Å². The first-order valence-corrected chi connectivity index (χ1v) is 7.37. The van der Waals surface area contributed by atoms with Gasteiger partial charge >= 0.3 is 6.03 Å². The highest BCUT2D eigenvalue weighted by Crippen LogP contribution is 2.26. The van der Waals surface area contributed by atoms with E-state index < -0.39 is 0 Å². The first-order chi connectivity index (χ1) is 10.2. The first kappa shape index (κ1) is 15.1. The molecule has 0 spiro atoms. The summed E-state index contributed by atoms with van der Waals surface area (Å²) >= 11 is 0. The van der Waals surface area contributed by atoms with Gasteiger partial charge in [-0.25, -0.2) is 4.79 Å². The number of nitrogens with zero attached hydrogens (tertiary/aromatic N) is 1. The summed E-state index contributed by atoms with van der Waals surface area (Å²) in [6, 6.07) is 15.6. The maximum absolute atomic E-state index is 12.5. The maximum Gasteiger partial charge on any atom is 0.326 e. The van der Waals surface area contributed by atoms with Gasteiger partial charge in [-0.15, -0.1) is 0 Å². The van der Waals surface area contributed by atoms with Gasteiger partial charge in [-0.2, -0.15) is 0 Å². The van der Waals surface area contributed by atoms with Crippen molar-refractivity contribution in [3.8, 4) is 0 Å². The van der Waals surface area contributed by atoms with Crippen molar-refractivity contribution in [3.05, 3.63) is 59.7 Å². The molecule has 0 heterocycles. The van der Waals surface area contributed by atoms with Crippen LogP contribution < -0.4 is 10.2 Å². The zero-order chi connectivity index (χ0) is 15.2. The van der Waals surface area contributed by atoms with Gasteiger partial charge in [0.25, 0.3) is 0 Å². The van der Waals surface area contributed by atoms with Crippen LogP contribution in [0.25, 0.3) is 0 Å². The number of carbonyl (C=O) groups excluding carboxylic acids is 1. The molecular formula is C18H22N2O. The van der Waals surface area contributed by atoms with Crippen molar-refractivity contribution in [2.24, 2.45) is 0 Å². The van der Waals surface area contributed by atoms with Gasteiger partial charge in [0.2, 0.25) is 0 Å². The Hall–Kier alpha value is -2.29. The molecule has 110 valence electrons. The lowest BCUT2D eigenvalue weighted by atomic mass is 10.0. The van der Waals surface area contributed by atoms with E-state index in [1.54, 1.807) is 4.90 Å². The molecule has 3 nitrogen and oxygen atoms in total. The second-order valence-electron chi connectivity index (χ2n) is 4.99. The molecule has 0 bridgehead atoms. The molecule has 1 N–H and O–H groups in total. The Morgan fingerprint density at radius 2 is 1.52 bits per heavy atom. The number of urea groups is 1. The topological polar surface area (TPSA) is 32.3 Å². The van der Waals surface area contributed by atoms with Crippen LogP contribution in [-0.2, 0) is 12.8 Å². The van der Waals surface area contributed by atoms with E-state index >= 15 is 0 Å². The molecule has 3 heteroatoms. The molecule has 21 heavy (non-hydrogen) atoms. The third kappa shape index (κ3) is 3.43. The molecule has 0 saturated carbocycles. The molecule has 0 aliphatic heterocycles. The number of anilines is 2. The van der Waals surface area contributed by atoms with Crippen molar-refractivity contribution < 1.29 is 4.79 Å². The van der Waals surface area contributed by atoms with Crippen molar-refractivity contribution in [3.63, 3.8) is 0 Å². The minimum absolute atomic E-state index is 0.114. The number of amides is 2. The third-order valence-corrected chi connectivity index (χ3v) is 3.63. The maximum atomic E-state index is 12.5. The number of para-hydroxylation sites is 2. The molecule has 0 aromatic heterocycles. The van der Waals surface area contributed by atoms with Crippen LogP contribution in [0.4, 0.5) is 16.2 Å². The number of benzene rings is 2. The van der Waals surface area contributed by atoms with Crippen LogP contribution in [0.2, 0.25) is 0 Å². The molecule has 0 atom stereocenters. The molecule has 0 fully saturated rings. The number of hydrogen-bond acceptors (Lipinski definition) is 1. The Morgan fingerprint density at radius 3 is 2.05 bits per heavy atom. The fourth-order valence-corrected chi connectivity index (χ4v) is 2.48. The highest BCUT2D eigenvalue weighted by atomic mass is 16.2. The Balaban J connectivity index is 2.27. The monoisotopic (exact) mass is 282 g/mol. The predicted molar refractivity (Wildman–Crippen MR) is 89.1 cm³/mol. The quantitative estimate of drug-likeness (QED) is 0.881. The Kier molecular flexibility index (Phi) is 4.99. The van der Waals surface area contributed by atoms with Crippen LogP contribution in [0, 0.1) is 0 Å². The fourth-order valence-electron chi connectivity index (χ4n) is 2.48. The van der Waals surface area contributed by atoms with E-state index in [1.807, 2.05) is 37.4 Å². The number of rotatable bonds is 4. The highest BCUT2D eigenvalue weighted by Gasteiger charge is 2.16. The summed E-state index contributed by atoms with van der Waals surface area (Å²) in [5.41, 5.74) is 4.22. The molecule has 0 unspecified atom stereocenters. The van der Waals surface area contributed by atoms with Crippen molar-refractivity contribution >= 4 is 17.4 Å². The molecular weight excluding hydrogens is 260 g/mol. The minimum atomic E-state index is -0.114. The van der Waals surface area contributed by atoms with Crippen molar-refractivity contribution in [1.82, 2.24) is 0 Å². The van der Waals surface area contributed by atoms with Crippen LogP contribution >= 0.6 is 0 Å². The van der Waals surface area contributed by atoms with Crippen LogP contribution in [0.5, 0.6) is 0 Å². The minimum Gasteiger partial charge on any atom is -0.308 e. The van der Waals surface area contributed by atoms with E-state index in [2.05, 4.69) is 37.4 Å². The van der Waals surface area contributed by atoms with Gasteiger partial charge in [0.1, 0.15) is 0 Å². The summed E-state index contributed by atoms with van der Waals surface area (Å²) in [5, 5.41) is 2.93. The summed E-state index contributed by atoms with van der Waals surface area (Å²) in [5.74, 6) is 0. The van der Waals surface area contributed by atoms with Crippen molar-refractivity contribution in [2.45, 2.75) is 26.7 Å². The van der Waals surface area contributed by atoms with Gasteiger partial charge in [0, 0.05) is 12.7 Å². The fraction of sp³-hybridized carbons (Fsp3) is 0.278. The Labute approximate surface area is 126 Å². The molecule has 2 aromatic carbocycles. The van der Waals surface area contributed by atoms with Gasteiger partial charge in [0.05, 0.1) is 5.69 Å². The summed E-state index contributed by atoms with van der Waals surface area (Å²) in [7, 11) is 1.83. The predicted octanol–water partition coefficient (Wildman–Crippen LogP) is 4.48. The molecule has 0 saturated heterocycles. The number of hydrogen-bond donors (Lipinski definition) is 1. The summed E-state index contributed by atoms with van der Waals surface area (Å²) in [4.78, 5) is 14.2. The molecule has 2 aromatic rings. The zero-order valence-electron chi connectivity index (χ0n) is 12.9. The van der Waals surface area contributed by atoms with Crippen LogP contribution in [0.1, 0.15) is 25.0 Å². The van der Waals surface area contributed by atoms with Gasteiger partial charge < -0.3 is 5.32 Å². The first-order valence-electron chi connectivity index (χ1n) is 7.37. The number of aryl methyl sites for hydroxylation is 2. The van der Waals surface area contributed by atoms with Gasteiger partial charge in [0.15, 0.2) is 0 Å². The third-order valence-electron chi connectivity index (χ3n) is 3.63. The largest absolute Gasteiger partial charge is 0.326 e. The highest BCUT2D eigenvalue weighted by molar-refractivity contribution is 6.02. The van der Waals surface area contributed by atoms with Crippen LogP contribution in [0.15, 0.2) is 48.5 Å². The lowest BCUT2D eigenvalue weighted by Crippen LogP contribution is -2.32. The van der Waals surface area contributed by atoms with Crippen LogP contribution in [-0.4, -0.2) is 13.1 Å². The van der Waals surface area contributed by atoms with E-state index in [0.717, 1.165) is 24.2 Å². The molecule has 0 aliphatic carbocycles. The average Bonchev–Trinajstić information content (AvgIpc) is 2.54. The summed E-state index contributed by atoms with van der Waals surface area (Å²) in [6.07, 6.45) is 1.82. The Morgan fingerprint density at radius 1 is 0.952 bits per heavy atom. The van der Waals surface area contributed by atoms with E-state index in [-0.39, 0.29) is 6.03 Å². The molecule has 0 radical (unpaired) electrons. The Bertz CT molecular complexity index is 586. The lowest BCUT2D eigenvalue weighted by Gasteiger charge is -2.24. The lowest BCUT2D eigenvalue weighted by molar-refractivity contribution is 0.258. The SMILES string of the molecule is CCc1cccc(CC)c1N(C)C(=O)Nc1ccccc1. The van der Waals surface area contributed by atoms with Crippen molar-refractivity contribution in [1.29, 1.82) is 0 Å². The van der Waals surface area contributed by atoms with Crippen LogP contribution in [0.3, 0.4) is 0 Å². The number of carbonyl (C=O) groups is 1. The van der Waals surface area contributed by atoms with E-state index in [0.29, 0.717) is 0 Å². The van der Waals surface area contributed by atoms with E-state index in [1.165, 1.54) is 11.1 Å². The summed E-state index contributed by atoms with van der Waals surface area (Å²) in [6.45, 7) is 4.22. The normalized spacial score (nSPS) is 10.2. The molecule has 2 amide bonds. The van der Waals surface area contributed by atoms with Gasteiger partial charge in [-0.05, 0) is 36.1 Å². The second-order valence-corrected chi connectivity index (χ2v) is 4.99. The smallest absolute Gasteiger partial charge is 0.308 e.